The average Bonchev–Trinajstić information content (AvgIpc) is 1.87. The zero-order valence-electron chi connectivity index (χ0n) is 5.41. The summed E-state index contributed by atoms with van der Waals surface area (Å²) in [4.78, 5) is 9.78. The molecule has 0 atom stereocenters. The highest BCUT2D eigenvalue weighted by molar-refractivity contribution is 6.21. The van der Waals surface area contributed by atoms with Crippen molar-refractivity contribution in [3.63, 3.8) is 0 Å². The summed E-state index contributed by atoms with van der Waals surface area (Å²) in [5.41, 5.74) is 0. The van der Waals surface area contributed by atoms with Crippen LogP contribution in [-0.2, 0) is 13.6 Å². The van der Waals surface area contributed by atoms with E-state index in [4.69, 9.17) is 9.84 Å². The molecule has 60 valence electrons. The maximum atomic E-state index is 9.78. The van der Waals surface area contributed by atoms with E-state index < -0.39 is 9.17 Å². The van der Waals surface area contributed by atoms with Crippen molar-refractivity contribution in [3.8, 4) is 0 Å². The first kappa shape index (κ1) is 9.54. The van der Waals surface area contributed by atoms with Crippen LogP contribution in [0.1, 0.15) is 0 Å². The minimum absolute atomic E-state index is 0.0291. The van der Waals surface area contributed by atoms with Crippen LogP contribution in [0.4, 0.5) is 0 Å². The molecule has 0 radical (unpaired) electrons. The molecule has 0 amide bonds. The smallest absolute Gasteiger partial charge is 0.413 e. The largest absolute Gasteiger partial charge is 0.586 e. The van der Waals surface area contributed by atoms with E-state index in [0.29, 0.717) is 0 Å². The van der Waals surface area contributed by atoms with Crippen molar-refractivity contribution in [1.29, 1.82) is 0 Å². The first-order valence-electron chi connectivity index (χ1n) is 2.79. The third kappa shape index (κ3) is 7.54. The molecule has 0 aromatic rings. The molecule has 0 spiro atoms. The summed E-state index contributed by atoms with van der Waals surface area (Å²) in [6, 6.07) is 0. The normalized spacial score (nSPS) is 9.30. The molecule has 0 unspecified atom stereocenters. The number of aliphatic hydroxyl groups is 1. The lowest BCUT2D eigenvalue weighted by Crippen LogP contribution is -2.25. The molecule has 0 aromatic heterocycles. The van der Waals surface area contributed by atoms with E-state index in [2.05, 4.69) is 4.43 Å². The molecule has 1 N–H and O–H groups in total. The Balaban J connectivity index is 2.84. The van der Waals surface area contributed by atoms with Crippen LogP contribution in [0.25, 0.3) is 0 Å². The lowest BCUT2D eigenvalue weighted by atomic mass is 10.7. The summed E-state index contributed by atoms with van der Waals surface area (Å²) >= 11 is 0. The second-order valence-electron chi connectivity index (χ2n) is 1.43. The third-order valence-corrected chi connectivity index (χ3v) is 1.12. The van der Waals surface area contributed by atoms with Gasteiger partial charge in [0.2, 0.25) is 0 Å². The van der Waals surface area contributed by atoms with Gasteiger partial charge in [0.25, 0.3) is 0 Å². The molecule has 0 saturated carbocycles. The quantitative estimate of drug-likeness (QED) is 0.356. The fourth-order valence-electron chi connectivity index (χ4n) is 0.351. The predicted molar refractivity (Wildman–Crippen MR) is 30.3 cm³/mol. The van der Waals surface area contributed by atoms with Crippen molar-refractivity contribution in [1.82, 2.24) is 0 Å². The van der Waals surface area contributed by atoms with Crippen LogP contribution in [0.15, 0.2) is 0 Å². The fourth-order valence-corrected chi connectivity index (χ4v) is 0.601. The minimum Gasteiger partial charge on any atom is -0.586 e. The lowest BCUT2D eigenvalue weighted by molar-refractivity contribution is -0.230. The van der Waals surface area contributed by atoms with Gasteiger partial charge in [0.1, 0.15) is 0 Å². The highest BCUT2D eigenvalue weighted by Gasteiger charge is 1.86. The Morgan fingerprint density at radius 2 is 2.10 bits per heavy atom. The van der Waals surface area contributed by atoms with Crippen LogP contribution in [-0.4, -0.2) is 40.7 Å². The van der Waals surface area contributed by atoms with Gasteiger partial charge in [0.05, 0.1) is 19.8 Å². The molecule has 0 aliphatic carbocycles. The van der Waals surface area contributed by atoms with Crippen LogP contribution in [0, 0.1) is 0 Å². The first-order chi connectivity index (χ1) is 4.77. The number of aliphatic hydroxyl groups excluding tert-OH is 1. The highest BCUT2D eigenvalue weighted by atomic mass is 28.3. The standard InChI is InChI=1S/C4H9O5Si/c5-1-2-8-3-4-9-10(6)7/h5H,1-4H2/q-1. The molecule has 0 bridgehead atoms. The Labute approximate surface area is 60.1 Å². The predicted octanol–water partition coefficient (Wildman–Crippen LogP) is -2.21. The van der Waals surface area contributed by atoms with Gasteiger partial charge in [-0.25, -0.2) is 0 Å². The molecular formula is C4H9O5Si-. The van der Waals surface area contributed by atoms with E-state index in [9.17, 15) is 9.26 Å². The topological polar surface area (TPSA) is 78.8 Å². The van der Waals surface area contributed by atoms with Gasteiger partial charge < -0.3 is 23.5 Å². The number of hydrogen-bond acceptors (Lipinski definition) is 5. The lowest BCUT2D eigenvalue weighted by Gasteiger charge is -2.06. The number of rotatable bonds is 6. The minimum atomic E-state index is -3.06. The van der Waals surface area contributed by atoms with Crippen LogP contribution >= 0.6 is 0 Å². The van der Waals surface area contributed by atoms with Crippen molar-refractivity contribution in [2.75, 3.05) is 26.4 Å². The van der Waals surface area contributed by atoms with Crippen LogP contribution in [0.2, 0.25) is 0 Å². The Bertz CT molecular complexity index is 95.6. The second-order valence-corrected chi connectivity index (χ2v) is 2.22. The van der Waals surface area contributed by atoms with Gasteiger partial charge in [0, 0.05) is 6.61 Å². The average molecular weight is 165 g/mol. The summed E-state index contributed by atoms with van der Waals surface area (Å²) in [5.74, 6) is 0. The summed E-state index contributed by atoms with van der Waals surface area (Å²) in [6.45, 7) is 0.371. The third-order valence-electron chi connectivity index (χ3n) is 0.683. The molecule has 0 rings (SSSR count). The van der Waals surface area contributed by atoms with E-state index in [1.54, 1.807) is 0 Å². The zero-order valence-corrected chi connectivity index (χ0v) is 6.41. The number of ether oxygens (including phenoxy) is 1. The van der Waals surface area contributed by atoms with E-state index in [-0.39, 0.29) is 26.4 Å². The van der Waals surface area contributed by atoms with E-state index in [1.165, 1.54) is 0 Å². The maximum absolute atomic E-state index is 9.78. The molecule has 0 fully saturated rings. The van der Waals surface area contributed by atoms with Gasteiger partial charge in [-0.05, 0) is 0 Å². The second kappa shape index (κ2) is 6.65. The fraction of sp³-hybridized carbons (Fsp3) is 1.00. The van der Waals surface area contributed by atoms with Gasteiger partial charge in [-0.1, -0.05) is 0 Å². The SMILES string of the molecule is O=[Si]([O-])OCCOCCO. The Hall–Kier alpha value is -0.463. The molecular weight excluding hydrogens is 156 g/mol. The first-order valence-corrected chi connectivity index (χ1v) is 4.02. The molecule has 6 heteroatoms. The highest BCUT2D eigenvalue weighted by Crippen LogP contribution is 1.74. The summed E-state index contributed by atoms with van der Waals surface area (Å²) in [6.07, 6.45) is 0. The van der Waals surface area contributed by atoms with Crippen LogP contribution < -0.4 is 4.80 Å². The Morgan fingerprint density at radius 1 is 1.40 bits per heavy atom. The van der Waals surface area contributed by atoms with Gasteiger partial charge in [-0.3, -0.25) is 0 Å². The van der Waals surface area contributed by atoms with Crippen molar-refractivity contribution in [3.05, 3.63) is 0 Å². The van der Waals surface area contributed by atoms with Gasteiger partial charge in [-0.15, -0.1) is 0 Å². The Morgan fingerprint density at radius 3 is 2.60 bits per heavy atom. The van der Waals surface area contributed by atoms with Crippen molar-refractivity contribution < 1.29 is 23.5 Å². The van der Waals surface area contributed by atoms with E-state index in [0.717, 1.165) is 0 Å². The maximum Gasteiger partial charge on any atom is 0.413 e. The summed E-state index contributed by atoms with van der Waals surface area (Å²) in [7, 11) is -3.06. The molecule has 0 aliphatic heterocycles. The number of hydrogen-bond donors (Lipinski definition) is 1. The van der Waals surface area contributed by atoms with Crippen LogP contribution in [0.5, 0.6) is 0 Å². The summed E-state index contributed by atoms with van der Waals surface area (Å²) < 4.78 is 18.6. The van der Waals surface area contributed by atoms with Crippen LogP contribution in [0.3, 0.4) is 0 Å². The van der Waals surface area contributed by atoms with Crippen molar-refractivity contribution in [2.24, 2.45) is 0 Å². The molecule has 10 heavy (non-hydrogen) atoms. The zero-order chi connectivity index (χ0) is 7.82. The summed E-state index contributed by atoms with van der Waals surface area (Å²) in [5, 5.41) is 8.19. The van der Waals surface area contributed by atoms with Gasteiger partial charge in [-0.2, -0.15) is 0 Å². The molecule has 5 nitrogen and oxygen atoms in total. The van der Waals surface area contributed by atoms with Gasteiger partial charge in [0.15, 0.2) is 0 Å². The van der Waals surface area contributed by atoms with E-state index >= 15 is 0 Å². The molecule has 0 aliphatic rings. The molecule has 0 aromatic carbocycles. The van der Waals surface area contributed by atoms with Gasteiger partial charge >= 0.3 is 9.17 Å². The monoisotopic (exact) mass is 165 g/mol. The van der Waals surface area contributed by atoms with E-state index in [1.807, 2.05) is 0 Å². The van der Waals surface area contributed by atoms with Crippen molar-refractivity contribution >= 4 is 9.17 Å². The molecule has 0 heterocycles. The van der Waals surface area contributed by atoms with Crippen molar-refractivity contribution in [2.45, 2.75) is 0 Å². The molecule has 0 saturated heterocycles. The Kier molecular flexibility index (Phi) is 6.35.